The molecule has 37 heavy (non-hydrogen) atoms. The van der Waals surface area contributed by atoms with Gasteiger partial charge in [-0.15, -0.1) is 5.10 Å². The number of carbonyl (C=O) groups is 2. The zero-order valence-corrected chi connectivity index (χ0v) is 20.6. The molecule has 2 fully saturated rings. The predicted octanol–water partition coefficient (Wildman–Crippen LogP) is 3.57. The molecule has 0 radical (unpaired) electrons. The van der Waals surface area contributed by atoms with Crippen molar-refractivity contribution in [1.82, 2.24) is 25.2 Å². The van der Waals surface area contributed by atoms with E-state index in [0.717, 1.165) is 18.4 Å². The van der Waals surface area contributed by atoms with Crippen LogP contribution in [0.4, 0.5) is 14.6 Å². The van der Waals surface area contributed by atoms with Crippen molar-refractivity contribution in [2.75, 3.05) is 18.4 Å². The van der Waals surface area contributed by atoms with Crippen molar-refractivity contribution in [2.24, 2.45) is 0 Å². The van der Waals surface area contributed by atoms with Crippen LogP contribution in [-0.2, 0) is 16.1 Å². The van der Waals surface area contributed by atoms with Gasteiger partial charge in [0.05, 0.1) is 25.3 Å². The Kier molecular flexibility index (Phi) is 7.16. The summed E-state index contributed by atoms with van der Waals surface area (Å²) in [5, 5.41) is 13.7. The van der Waals surface area contributed by atoms with E-state index in [-0.39, 0.29) is 31.2 Å². The first-order chi connectivity index (χ1) is 17.9. The Balaban J connectivity index is 1.32. The molecule has 1 aromatic heterocycles. The number of hydrogen-bond donors (Lipinski definition) is 2. The van der Waals surface area contributed by atoms with Gasteiger partial charge in [0.25, 0.3) is 0 Å². The lowest BCUT2D eigenvalue weighted by Gasteiger charge is -2.27. The maximum Gasteiger partial charge on any atom is 0.243 e. The predicted molar refractivity (Wildman–Crippen MR) is 134 cm³/mol. The molecule has 2 aliphatic rings. The molecule has 0 bridgehead atoms. The molecule has 8 nitrogen and oxygen atoms in total. The maximum absolute atomic E-state index is 14.9. The molecule has 0 spiro atoms. The fourth-order valence-corrected chi connectivity index (χ4v) is 4.80. The van der Waals surface area contributed by atoms with E-state index in [4.69, 9.17) is 0 Å². The molecule has 2 amide bonds. The summed E-state index contributed by atoms with van der Waals surface area (Å²) in [4.78, 5) is 27.6. The number of hydrogen-bond acceptors (Lipinski definition) is 5. The minimum absolute atomic E-state index is 0.0971. The summed E-state index contributed by atoms with van der Waals surface area (Å²) < 4.78 is 31.0. The van der Waals surface area contributed by atoms with Crippen molar-refractivity contribution in [1.29, 1.82) is 0 Å². The van der Waals surface area contributed by atoms with E-state index in [1.165, 1.54) is 11.0 Å². The van der Waals surface area contributed by atoms with Crippen molar-refractivity contribution in [3.05, 3.63) is 77.2 Å². The van der Waals surface area contributed by atoms with Gasteiger partial charge in [0, 0.05) is 13.0 Å². The van der Waals surface area contributed by atoms with Crippen LogP contribution in [-0.4, -0.2) is 57.0 Å². The number of anilines is 1. The molecule has 194 valence electrons. The Labute approximate surface area is 214 Å². The Bertz CT molecular complexity index is 1260. The van der Waals surface area contributed by atoms with E-state index in [1.807, 2.05) is 43.3 Å². The second kappa shape index (κ2) is 10.7. The molecule has 2 heterocycles. The van der Waals surface area contributed by atoms with Gasteiger partial charge < -0.3 is 15.5 Å². The molecule has 1 saturated heterocycles. The van der Waals surface area contributed by atoms with E-state index in [1.54, 1.807) is 16.9 Å². The second-order valence-electron chi connectivity index (χ2n) is 9.62. The summed E-state index contributed by atoms with van der Waals surface area (Å²) >= 11 is 0. The first-order valence-electron chi connectivity index (χ1n) is 12.6. The molecule has 1 saturated carbocycles. The highest BCUT2D eigenvalue weighted by molar-refractivity contribution is 5.90. The van der Waals surface area contributed by atoms with Gasteiger partial charge in [-0.1, -0.05) is 47.7 Å². The van der Waals surface area contributed by atoms with Gasteiger partial charge in [-0.2, -0.15) is 0 Å². The van der Waals surface area contributed by atoms with Gasteiger partial charge in [0.2, 0.25) is 11.8 Å². The summed E-state index contributed by atoms with van der Waals surface area (Å²) in [6.07, 6.45) is 2.22. The zero-order chi connectivity index (χ0) is 25.9. The topological polar surface area (TPSA) is 92.2 Å². The number of nitrogens with zero attached hydrogens (tertiary/aromatic N) is 4. The van der Waals surface area contributed by atoms with Crippen molar-refractivity contribution >= 4 is 17.6 Å². The number of halogens is 2. The molecule has 2 aromatic carbocycles. The van der Waals surface area contributed by atoms with E-state index in [2.05, 4.69) is 20.9 Å². The number of nitrogens with one attached hydrogen (secondary N) is 2. The highest BCUT2D eigenvalue weighted by Gasteiger charge is 2.40. The van der Waals surface area contributed by atoms with Crippen LogP contribution < -0.4 is 10.6 Å². The summed E-state index contributed by atoms with van der Waals surface area (Å²) in [6.45, 7) is 2.24. The first kappa shape index (κ1) is 24.9. The van der Waals surface area contributed by atoms with E-state index >= 15 is 0 Å². The molecule has 5 rings (SSSR count). The molecule has 1 aliphatic carbocycles. The Hall–Kier alpha value is -3.82. The Morgan fingerprint density at radius 3 is 2.59 bits per heavy atom. The SMILES string of the molecule is CCn1cc(NCC(=O)N2CC(F)CC2C(=O)NC(c2ccccc2)c2ccc(C3CC3)c(F)c2)nn1. The number of aromatic nitrogens is 3. The average molecular weight is 509 g/mol. The lowest BCUT2D eigenvalue weighted by molar-refractivity contribution is -0.137. The molecule has 1 aliphatic heterocycles. The van der Waals surface area contributed by atoms with Gasteiger partial charge in [0.15, 0.2) is 5.82 Å². The van der Waals surface area contributed by atoms with E-state index in [0.29, 0.717) is 23.5 Å². The van der Waals surface area contributed by atoms with Crippen LogP contribution in [0.3, 0.4) is 0 Å². The minimum Gasteiger partial charge on any atom is -0.358 e. The van der Waals surface area contributed by atoms with Gasteiger partial charge in [-0.05, 0) is 48.4 Å². The van der Waals surface area contributed by atoms with Gasteiger partial charge in [-0.3, -0.25) is 14.3 Å². The van der Waals surface area contributed by atoms with Gasteiger partial charge in [-0.25, -0.2) is 8.78 Å². The lowest BCUT2D eigenvalue weighted by atomic mass is 9.96. The number of benzene rings is 2. The largest absolute Gasteiger partial charge is 0.358 e. The third-order valence-electron chi connectivity index (χ3n) is 6.95. The fraction of sp³-hybridized carbons (Fsp3) is 0.407. The van der Waals surface area contributed by atoms with Crippen molar-refractivity contribution in [3.8, 4) is 0 Å². The van der Waals surface area contributed by atoms with E-state index < -0.39 is 30.1 Å². The van der Waals surface area contributed by atoms with Gasteiger partial charge >= 0.3 is 0 Å². The molecule has 3 aromatic rings. The number of likely N-dealkylation sites (tertiary alicyclic amines) is 1. The minimum atomic E-state index is -1.31. The summed E-state index contributed by atoms with van der Waals surface area (Å²) in [7, 11) is 0. The fourth-order valence-electron chi connectivity index (χ4n) is 4.80. The van der Waals surface area contributed by atoms with Crippen LogP contribution in [0.15, 0.2) is 54.7 Å². The van der Waals surface area contributed by atoms with Gasteiger partial charge in [0.1, 0.15) is 18.0 Å². The number of carbonyl (C=O) groups excluding carboxylic acids is 2. The molecular formula is C27H30F2N6O2. The number of aryl methyl sites for hydroxylation is 1. The highest BCUT2D eigenvalue weighted by atomic mass is 19.1. The van der Waals surface area contributed by atoms with Crippen LogP contribution in [0.2, 0.25) is 0 Å². The van der Waals surface area contributed by atoms with Crippen molar-refractivity contribution in [3.63, 3.8) is 0 Å². The second-order valence-corrected chi connectivity index (χ2v) is 9.62. The quantitative estimate of drug-likeness (QED) is 0.461. The normalized spacial score (nSPS) is 20.0. The number of alkyl halides is 1. The van der Waals surface area contributed by atoms with Crippen LogP contribution in [0.5, 0.6) is 0 Å². The third kappa shape index (κ3) is 5.63. The van der Waals surface area contributed by atoms with E-state index in [9.17, 15) is 18.4 Å². The Morgan fingerprint density at radius 1 is 1.14 bits per heavy atom. The smallest absolute Gasteiger partial charge is 0.243 e. The lowest BCUT2D eigenvalue weighted by Crippen LogP contribution is -2.48. The zero-order valence-electron chi connectivity index (χ0n) is 20.6. The summed E-state index contributed by atoms with van der Waals surface area (Å²) in [5.74, 6) is -0.498. The van der Waals surface area contributed by atoms with Crippen LogP contribution in [0, 0.1) is 5.82 Å². The standard InChI is InChI=1S/C27H30F2N6O2/c1-2-34-16-24(32-33-34)30-14-25(36)35-15-20(28)13-23(35)27(37)31-26(18-6-4-3-5-7-18)19-10-11-21(17-8-9-17)22(29)12-19/h3-7,10-12,16-17,20,23,26,30H,2,8-9,13-15H2,1H3,(H,31,37). The summed E-state index contributed by atoms with van der Waals surface area (Å²) in [5.41, 5.74) is 2.05. The maximum atomic E-state index is 14.9. The molecule has 10 heteroatoms. The number of amides is 2. The summed E-state index contributed by atoms with van der Waals surface area (Å²) in [6, 6.07) is 12.7. The Morgan fingerprint density at radius 2 is 1.92 bits per heavy atom. The molecular weight excluding hydrogens is 478 g/mol. The first-order valence-corrected chi connectivity index (χ1v) is 12.6. The molecule has 3 unspecified atom stereocenters. The van der Waals surface area contributed by atoms with Crippen molar-refractivity contribution in [2.45, 2.75) is 56.9 Å². The third-order valence-corrected chi connectivity index (χ3v) is 6.95. The van der Waals surface area contributed by atoms with Crippen LogP contribution in [0.25, 0.3) is 0 Å². The number of rotatable bonds is 9. The van der Waals surface area contributed by atoms with Crippen molar-refractivity contribution < 1.29 is 18.4 Å². The molecule has 2 N–H and O–H groups in total. The average Bonchev–Trinajstić information content (AvgIpc) is 3.50. The highest BCUT2D eigenvalue weighted by Crippen LogP contribution is 2.42. The molecule has 3 atom stereocenters. The van der Waals surface area contributed by atoms with Crippen LogP contribution >= 0.6 is 0 Å². The monoisotopic (exact) mass is 508 g/mol. The van der Waals surface area contributed by atoms with Crippen LogP contribution in [0.1, 0.15) is 54.8 Å².